The van der Waals surface area contributed by atoms with Crippen LogP contribution in [-0.2, 0) is 0 Å². The molecule has 0 unspecified atom stereocenters. The number of carbonyl (C=O) groups excluding carboxylic acids is 1. The monoisotopic (exact) mass is 324 g/mol. The molecule has 1 amide bonds. The van der Waals surface area contributed by atoms with Crippen molar-refractivity contribution in [3.05, 3.63) is 60.2 Å². The van der Waals surface area contributed by atoms with Crippen molar-refractivity contribution in [3.63, 3.8) is 0 Å². The molecule has 0 spiro atoms. The summed E-state index contributed by atoms with van der Waals surface area (Å²) in [6.07, 6.45) is 2.55. The summed E-state index contributed by atoms with van der Waals surface area (Å²) >= 11 is 0. The van der Waals surface area contributed by atoms with Crippen LogP contribution in [0.3, 0.4) is 0 Å². The molecule has 1 aliphatic carbocycles. The molecule has 0 bridgehead atoms. The molecule has 4 nitrogen and oxygen atoms in total. The summed E-state index contributed by atoms with van der Waals surface area (Å²) in [5, 5.41) is 2.96. The smallest absolute Gasteiger partial charge is 0.251 e. The molecule has 0 saturated heterocycles. The summed E-state index contributed by atoms with van der Waals surface area (Å²) in [4.78, 5) is 14.3. The lowest BCUT2D eigenvalue weighted by atomic mass is 10.2. The van der Waals surface area contributed by atoms with Gasteiger partial charge in [0, 0.05) is 31.4 Å². The maximum absolute atomic E-state index is 12.2. The highest BCUT2D eigenvalue weighted by Gasteiger charge is 2.21. The third-order valence-corrected chi connectivity index (χ3v) is 4.23. The van der Waals surface area contributed by atoms with Gasteiger partial charge in [-0.05, 0) is 55.2 Å². The Morgan fingerprint density at radius 3 is 2.50 bits per heavy atom. The highest BCUT2D eigenvalue weighted by Crippen LogP contribution is 2.29. The van der Waals surface area contributed by atoms with Crippen LogP contribution in [0.4, 0.5) is 5.69 Å². The molecule has 126 valence electrons. The molecule has 0 heterocycles. The van der Waals surface area contributed by atoms with Crippen molar-refractivity contribution in [2.75, 3.05) is 31.6 Å². The quantitative estimate of drug-likeness (QED) is 0.810. The number of hydrogen-bond donors (Lipinski definition) is 1. The molecule has 24 heavy (non-hydrogen) atoms. The van der Waals surface area contributed by atoms with Gasteiger partial charge in [-0.15, -0.1) is 0 Å². The van der Waals surface area contributed by atoms with Gasteiger partial charge in [-0.25, -0.2) is 0 Å². The highest BCUT2D eigenvalue weighted by atomic mass is 16.5. The minimum absolute atomic E-state index is 0.0507. The van der Waals surface area contributed by atoms with Crippen molar-refractivity contribution in [1.29, 1.82) is 0 Å². The number of anilines is 1. The molecule has 1 saturated carbocycles. The SMILES string of the molecule is CN(CCNC(=O)c1ccc(OCC2CC2)cc1)c1ccccc1. The number of carbonyl (C=O) groups is 1. The van der Waals surface area contributed by atoms with Gasteiger partial charge in [0.15, 0.2) is 0 Å². The number of likely N-dealkylation sites (N-methyl/N-ethyl adjacent to an activating group) is 1. The molecule has 0 radical (unpaired) electrons. The van der Waals surface area contributed by atoms with Crippen LogP contribution >= 0.6 is 0 Å². The first-order valence-electron chi connectivity index (χ1n) is 8.49. The second-order valence-corrected chi connectivity index (χ2v) is 6.29. The van der Waals surface area contributed by atoms with Crippen molar-refractivity contribution in [1.82, 2.24) is 5.32 Å². The van der Waals surface area contributed by atoms with E-state index in [-0.39, 0.29) is 5.91 Å². The normalized spacial score (nSPS) is 13.4. The second kappa shape index (κ2) is 7.86. The van der Waals surface area contributed by atoms with Crippen molar-refractivity contribution in [2.24, 2.45) is 5.92 Å². The number of rotatable bonds is 8. The van der Waals surface area contributed by atoms with Crippen LogP contribution in [0, 0.1) is 5.92 Å². The van der Waals surface area contributed by atoms with Gasteiger partial charge in [0.25, 0.3) is 5.91 Å². The van der Waals surface area contributed by atoms with E-state index in [0.29, 0.717) is 12.1 Å². The number of nitrogens with zero attached hydrogens (tertiary/aromatic N) is 1. The van der Waals surface area contributed by atoms with E-state index in [1.165, 1.54) is 12.8 Å². The summed E-state index contributed by atoms with van der Waals surface area (Å²) in [5.41, 5.74) is 1.81. The number of ether oxygens (including phenoxy) is 1. The van der Waals surface area contributed by atoms with Gasteiger partial charge < -0.3 is 15.0 Å². The summed E-state index contributed by atoms with van der Waals surface area (Å²) in [6, 6.07) is 17.5. The van der Waals surface area contributed by atoms with Crippen LogP contribution in [0.15, 0.2) is 54.6 Å². The summed E-state index contributed by atoms with van der Waals surface area (Å²) in [6.45, 7) is 2.15. The van der Waals surface area contributed by atoms with Crippen molar-refractivity contribution in [2.45, 2.75) is 12.8 Å². The predicted molar refractivity (Wildman–Crippen MR) is 96.7 cm³/mol. The first-order valence-corrected chi connectivity index (χ1v) is 8.49. The van der Waals surface area contributed by atoms with E-state index >= 15 is 0 Å². The van der Waals surface area contributed by atoms with E-state index in [1.54, 1.807) is 0 Å². The van der Waals surface area contributed by atoms with Crippen LogP contribution in [0.25, 0.3) is 0 Å². The zero-order chi connectivity index (χ0) is 16.8. The second-order valence-electron chi connectivity index (χ2n) is 6.29. The van der Waals surface area contributed by atoms with Crippen molar-refractivity contribution >= 4 is 11.6 Å². The van der Waals surface area contributed by atoms with Crippen LogP contribution in [0.2, 0.25) is 0 Å². The Labute approximate surface area is 143 Å². The average molecular weight is 324 g/mol. The van der Waals surface area contributed by atoms with E-state index < -0.39 is 0 Å². The lowest BCUT2D eigenvalue weighted by Crippen LogP contribution is -2.32. The van der Waals surface area contributed by atoms with E-state index in [2.05, 4.69) is 22.3 Å². The Kier molecular flexibility index (Phi) is 5.36. The van der Waals surface area contributed by atoms with Gasteiger partial charge in [-0.3, -0.25) is 4.79 Å². The number of para-hydroxylation sites is 1. The van der Waals surface area contributed by atoms with E-state index in [0.717, 1.165) is 30.5 Å². The first kappa shape index (κ1) is 16.4. The number of nitrogens with one attached hydrogen (secondary N) is 1. The Balaban J connectivity index is 1.42. The zero-order valence-electron chi connectivity index (χ0n) is 14.1. The third-order valence-electron chi connectivity index (χ3n) is 4.23. The molecule has 0 aromatic heterocycles. The van der Waals surface area contributed by atoms with E-state index in [4.69, 9.17) is 4.74 Å². The molecular weight excluding hydrogens is 300 g/mol. The average Bonchev–Trinajstić information content (AvgIpc) is 3.45. The van der Waals surface area contributed by atoms with Crippen molar-refractivity contribution < 1.29 is 9.53 Å². The zero-order valence-corrected chi connectivity index (χ0v) is 14.1. The summed E-state index contributed by atoms with van der Waals surface area (Å²) in [7, 11) is 2.02. The van der Waals surface area contributed by atoms with Gasteiger partial charge in [-0.1, -0.05) is 18.2 Å². The summed E-state index contributed by atoms with van der Waals surface area (Å²) < 4.78 is 5.69. The highest BCUT2D eigenvalue weighted by molar-refractivity contribution is 5.94. The molecule has 1 N–H and O–H groups in total. The van der Waals surface area contributed by atoms with Gasteiger partial charge >= 0.3 is 0 Å². The number of amides is 1. The van der Waals surface area contributed by atoms with E-state index in [1.807, 2.05) is 49.5 Å². The Hall–Kier alpha value is -2.49. The van der Waals surface area contributed by atoms with Gasteiger partial charge in [0.05, 0.1) is 6.61 Å². The van der Waals surface area contributed by atoms with Crippen molar-refractivity contribution in [3.8, 4) is 5.75 Å². The maximum atomic E-state index is 12.2. The maximum Gasteiger partial charge on any atom is 0.251 e. The molecule has 2 aromatic carbocycles. The van der Waals surface area contributed by atoms with Gasteiger partial charge in [-0.2, -0.15) is 0 Å². The fourth-order valence-electron chi connectivity index (χ4n) is 2.45. The molecule has 3 rings (SSSR count). The predicted octanol–water partition coefficient (Wildman–Crippen LogP) is 3.34. The number of hydrogen-bond acceptors (Lipinski definition) is 3. The van der Waals surface area contributed by atoms with Gasteiger partial charge in [0.1, 0.15) is 5.75 Å². The van der Waals surface area contributed by atoms with Crippen LogP contribution in [-0.4, -0.2) is 32.7 Å². The molecule has 0 atom stereocenters. The molecule has 1 fully saturated rings. The topological polar surface area (TPSA) is 41.6 Å². The van der Waals surface area contributed by atoms with Crippen LogP contribution in [0.1, 0.15) is 23.2 Å². The van der Waals surface area contributed by atoms with E-state index in [9.17, 15) is 4.79 Å². The molecule has 4 heteroatoms. The fraction of sp³-hybridized carbons (Fsp3) is 0.350. The lowest BCUT2D eigenvalue weighted by molar-refractivity contribution is 0.0954. The summed E-state index contributed by atoms with van der Waals surface area (Å²) in [5.74, 6) is 1.52. The molecule has 2 aromatic rings. The fourth-order valence-corrected chi connectivity index (χ4v) is 2.45. The molecule has 0 aliphatic heterocycles. The minimum atomic E-state index is -0.0507. The Morgan fingerprint density at radius 1 is 1.12 bits per heavy atom. The van der Waals surface area contributed by atoms with Gasteiger partial charge in [0.2, 0.25) is 0 Å². The molecule has 1 aliphatic rings. The third kappa shape index (κ3) is 4.75. The lowest BCUT2D eigenvalue weighted by Gasteiger charge is -2.19. The molecular formula is C20H24N2O2. The Morgan fingerprint density at radius 2 is 1.83 bits per heavy atom. The Bertz CT molecular complexity index is 651. The number of benzene rings is 2. The standard InChI is InChI=1S/C20H24N2O2/c1-22(18-5-3-2-4-6-18)14-13-21-20(23)17-9-11-19(12-10-17)24-15-16-7-8-16/h2-6,9-12,16H,7-8,13-15H2,1H3,(H,21,23). The van der Waals surface area contributed by atoms with Crippen LogP contribution in [0.5, 0.6) is 5.75 Å². The largest absolute Gasteiger partial charge is 0.493 e. The first-order chi connectivity index (χ1) is 11.7. The van der Waals surface area contributed by atoms with Crippen LogP contribution < -0.4 is 15.0 Å². The minimum Gasteiger partial charge on any atom is -0.493 e.